The van der Waals surface area contributed by atoms with Crippen molar-refractivity contribution < 1.29 is 9.53 Å². The van der Waals surface area contributed by atoms with Gasteiger partial charge in [-0.3, -0.25) is 0 Å². The summed E-state index contributed by atoms with van der Waals surface area (Å²) in [4.78, 5) is 12.6. The van der Waals surface area contributed by atoms with Gasteiger partial charge in [0.05, 0.1) is 0 Å². The summed E-state index contributed by atoms with van der Waals surface area (Å²) in [6, 6.07) is 15.4. The molecule has 2 aromatic carbocycles. The fraction of sp³-hybridized carbons (Fsp3) is 0.423. The molecule has 5 aliphatic carbocycles. The van der Waals surface area contributed by atoms with Crippen LogP contribution in [0.2, 0.25) is 0 Å². The highest BCUT2D eigenvalue weighted by Gasteiger charge is 2.61. The first-order chi connectivity index (χ1) is 13.7. The Morgan fingerprint density at radius 1 is 0.929 bits per heavy atom. The van der Waals surface area contributed by atoms with Gasteiger partial charge in [0.15, 0.2) is 0 Å². The first-order valence-electron chi connectivity index (χ1n) is 10.7. The van der Waals surface area contributed by atoms with Crippen LogP contribution in [0.4, 0.5) is 0 Å². The highest BCUT2D eigenvalue weighted by atomic mass is 16.6. The van der Waals surface area contributed by atoms with Crippen LogP contribution in [-0.2, 0) is 21.6 Å². The average Bonchev–Trinajstić information content (AvgIpc) is 3.09. The standard InChI is InChI=1S/C26H26O2/c1-2-25(27)28-26(19-11-16-10-17(13-19)14-20(26)12-16)24-9-5-8-22-21-7-4-3-6-18(21)15-23(22)24/h2-9,16-17,19-20H,1,10-15H2. The van der Waals surface area contributed by atoms with Gasteiger partial charge in [-0.15, -0.1) is 0 Å². The fourth-order valence-electron chi connectivity index (χ4n) is 7.28. The Kier molecular flexibility index (Phi) is 3.45. The summed E-state index contributed by atoms with van der Waals surface area (Å²) in [7, 11) is 0. The van der Waals surface area contributed by atoms with E-state index in [0.717, 1.165) is 18.3 Å². The van der Waals surface area contributed by atoms with Crippen LogP contribution in [0.15, 0.2) is 55.1 Å². The number of carbonyl (C=O) groups excluding carboxylic acids is 1. The van der Waals surface area contributed by atoms with Crippen LogP contribution in [0.25, 0.3) is 11.1 Å². The topological polar surface area (TPSA) is 26.3 Å². The number of hydrogen-bond donors (Lipinski definition) is 0. The van der Waals surface area contributed by atoms with Crippen molar-refractivity contribution in [3.05, 3.63) is 71.8 Å². The maximum atomic E-state index is 12.6. The molecule has 4 saturated carbocycles. The van der Waals surface area contributed by atoms with Crippen molar-refractivity contribution in [1.29, 1.82) is 0 Å². The zero-order chi connectivity index (χ0) is 18.9. The van der Waals surface area contributed by atoms with Gasteiger partial charge >= 0.3 is 5.97 Å². The van der Waals surface area contributed by atoms with Crippen LogP contribution in [0.1, 0.15) is 48.8 Å². The summed E-state index contributed by atoms with van der Waals surface area (Å²) in [6.45, 7) is 3.70. The first-order valence-corrected chi connectivity index (χ1v) is 10.7. The van der Waals surface area contributed by atoms with Crippen molar-refractivity contribution in [3.8, 4) is 11.1 Å². The fourth-order valence-corrected chi connectivity index (χ4v) is 7.28. The minimum Gasteiger partial charge on any atom is -0.450 e. The third kappa shape index (κ3) is 2.12. The van der Waals surface area contributed by atoms with Gasteiger partial charge in [-0.05, 0) is 72.6 Å². The van der Waals surface area contributed by atoms with E-state index in [-0.39, 0.29) is 5.97 Å². The smallest absolute Gasteiger partial charge is 0.331 e. The van der Waals surface area contributed by atoms with E-state index in [1.54, 1.807) is 0 Å². The van der Waals surface area contributed by atoms with Crippen LogP contribution < -0.4 is 0 Å². The Bertz CT molecular complexity index is 958. The Labute approximate surface area is 166 Å². The molecule has 4 fully saturated rings. The Hall–Kier alpha value is -2.35. The van der Waals surface area contributed by atoms with Gasteiger partial charge in [0.2, 0.25) is 0 Å². The normalized spacial score (nSPS) is 34.0. The molecule has 2 heteroatoms. The summed E-state index contributed by atoms with van der Waals surface area (Å²) in [5.74, 6) is 2.28. The quantitative estimate of drug-likeness (QED) is 0.441. The molecule has 4 bridgehead atoms. The molecule has 0 aliphatic heterocycles. The maximum Gasteiger partial charge on any atom is 0.331 e. The summed E-state index contributed by atoms with van der Waals surface area (Å²) in [5.41, 5.74) is 6.26. The number of benzene rings is 2. The molecule has 28 heavy (non-hydrogen) atoms. The molecule has 2 aromatic rings. The number of hydrogen-bond acceptors (Lipinski definition) is 2. The van der Waals surface area contributed by atoms with Crippen molar-refractivity contribution in [1.82, 2.24) is 0 Å². The lowest BCUT2D eigenvalue weighted by molar-refractivity contribution is -0.210. The predicted molar refractivity (Wildman–Crippen MR) is 110 cm³/mol. The molecule has 0 N–H and O–H groups in total. The SMILES string of the molecule is C=CC(=O)OC1(c2cccc3c2Cc2ccccc2-3)C2CC3CC(C2)CC1C3. The number of carbonyl (C=O) groups is 1. The van der Waals surface area contributed by atoms with E-state index in [4.69, 9.17) is 4.74 Å². The minimum absolute atomic E-state index is 0.263. The highest BCUT2D eigenvalue weighted by molar-refractivity contribution is 5.82. The number of rotatable bonds is 3. The molecule has 0 radical (unpaired) electrons. The van der Waals surface area contributed by atoms with Gasteiger partial charge in [-0.2, -0.15) is 0 Å². The molecule has 2 nitrogen and oxygen atoms in total. The average molecular weight is 370 g/mol. The van der Waals surface area contributed by atoms with Gasteiger partial charge < -0.3 is 4.74 Å². The lowest BCUT2D eigenvalue weighted by Crippen LogP contribution is -2.57. The van der Waals surface area contributed by atoms with E-state index >= 15 is 0 Å². The second-order valence-corrected chi connectivity index (χ2v) is 9.39. The van der Waals surface area contributed by atoms with E-state index in [2.05, 4.69) is 49.0 Å². The van der Waals surface area contributed by atoms with E-state index in [0.29, 0.717) is 11.8 Å². The number of ether oxygens (including phenoxy) is 1. The predicted octanol–water partition coefficient (Wildman–Crippen LogP) is 5.64. The zero-order valence-corrected chi connectivity index (χ0v) is 16.2. The van der Waals surface area contributed by atoms with Gasteiger partial charge in [-0.25, -0.2) is 4.79 Å². The van der Waals surface area contributed by atoms with Gasteiger partial charge in [0, 0.05) is 23.5 Å². The van der Waals surface area contributed by atoms with Crippen LogP contribution in [-0.4, -0.2) is 5.97 Å². The molecule has 0 atom stereocenters. The van der Waals surface area contributed by atoms with Crippen molar-refractivity contribution >= 4 is 5.97 Å². The molecule has 0 heterocycles. The van der Waals surface area contributed by atoms with Gasteiger partial charge in [0.25, 0.3) is 0 Å². The monoisotopic (exact) mass is 370 g/mol. The van der Waals surface area contributed by atoms with Gasteiger partial charge in [0.1, 0.15) is 5.60 Å². The van der Waals surface area contributed by atoms with E-state index in [1.807, 2.05) is 0 Å². The second kappa shape index (κ2) is 5.83. The second-order valence-electron chi connectivity index (χ2n) is 9.39. The molecular formula is C26H26O2. The minimum atomic E-state index is -0.466. The van der Waals surface area contributed by atoms with Crippen LogP contribution >= 0.6 is 0 Å². The maximum absolute atomic E-state index is 12.6. The molecule has 0 aromatic heterocycles. The van der Waals surface area contributed by atoms with Crippen molar-refractivity contribution in [3.63, 3.8) is 0 Å². The highest BCUT2D eigenvalue weighted by Crippen LogP contribution is 2.64. The van der Waals surface area contributed by atoms with E-state index in [9.17, 15) is 4.79 Å². The van der Waals surface area contributed by atoms with Crippen LogP contribution in [0, 0.1) is 23.7 Å². The number of esters is 1. The summed E-state index contributed by atoms with van der Waals surface area (Å²) in [5, 5.41) is 0. The molecule has 5 aliphatic rings. The summed E-state index contributed by atoms with van der Waals surface area (Å²) in [6.07, 6.45) is 8.49. The Balaban J connectivity index is 1.55. The lowest BCUT2D eigenvalue weighted by Gasteiger charge is -2.60. The third-order valence-electron chi connectivity index (χ3n) is 8.06. The van der Waals surface area contributed by atoms with Crippen LogP contribution in [0.5, 0.6) is 0 Å². The molecule has 0 spiro atoms. The summed E-state index contributed by atoms with van der Waals surface area (Å²) < 4.78 is 6.42. The largest absolute Gasteiger partial charge is 0.450 e. The zero-order valence-electron chi connectivity index (χ0n) is 16.2. The Morgan fingerprint density at radius 2 is 1.61 bits per heavy atom. The van der Waals surface area contributed by atoms with Crippen molar-refractivity contribution in [2.75, 3.05) is 0 Å². The molecule has 0 unspecified atom stereocenters. The molecular weight excluding hydrogens is 344 g/mol. The van der Waals surface area contributed by atoms with Gasteiger partial charge in [-0.1, -0.05) is 49.0 Å². The molecule has 0 saturated heterocycles. The number of fused-ring (bicyclic) bond motifs is 3. The third-order valence-corrected chi connectivity index (χ3v) is 8.06. The Morgan fingerprint density at radius 3 is 2.32 bits per heavy atom. The van der Waals surface area contributed by atoms with Crippen molar-refractivity contribution in [2.24, 2.45) is 23.7 Å². The summed E-state index contributed by atoms with van der Waals surface area (Å²) >= 11 is 0. The van der Waals surface area contributed by atoms with Crippen LogP contribution in [0.3, 0.4) is 0 Å². The molecule has 142 valence electrons. The molecule has 0 amide bonds. The lowest BCUT2D eigenvalue weighted by atomic mass is 9.48. The van der Waals surface area contributed by atoms with Crippen molar-refractivity contribution in [2.45, 2.75) is 44.1 Å². The van der Waals surface area contributed by atoms with E-state index < -0.39 is 5.60 Å². The molecule has 7 rings (SSSR count). The van der Waals surface area contributed by atoms with E-state index in [1.165, 1.54) is 66.0 Å². The first kappa shape index (κ1) is 16.6.